The lowest BCUT2D eigenvalue weighted by Gasteiger charge is -2.16. The summed E-state index contributed by atoms with van der Waals surface area (Å²) in [5.41, 5.74) is 5.84. The zero-order valence-corrected chi connectivity index (χ0v) is 18.2. The van der Waals surface area contributed by atoms with Crippen LogP contribution in [-0.2, 0) is 13.2 Å². The highest BCUT2D eigenvalue weighted by atomic mass is 16.5. The molecule has 3 aromatic carbocycles. The third-order valence-electron chi connectivity index (χ3n) is 5.30. The van der Waals surface area contributed by atoms with Gasteiger partial charge >= 0.3 is 11.4 Å². The number of methoxy groups -OCH3 is 1. The molecule has 0 aliphatic heterocycles. The van der Waals surface area contributed by atoms with Crippen LogP contribution in [0.2, 0.25) is 0 Å². The third kappa shape index (κ3) is 4.51. The summed E-state index contributed by atoms with van der Waals surface area (Å²) in [5, 5.41) is 0. The van der Waals surface area contributed by atoms with Gasteiger partial charge in [0.2, 0.25) is 0 Å². The zero-order valence-electron chi connectivity index (χ0n) is 18.2. The fourth-order valence-electron chi connectivity index (χ4n) is 3.72. The van der Waals surface area contributed by atoms with E-state index >= 15 is 0 Å². The van der Waals surface area contributed by atoms with Gasteiger partial charge < -0.3 is 14.0 Å². The molecule has 0 radical (unpaired) electrons. The molecule has 4 rings (SSSR count). The molecule has 0 fully saturated rings. The number of hydrogen-bond acceptors (Lipinski definition) is 5. The minimum absolute atomic E-state index is 0.162. The number of aromatic nitrogens is 2. The number of rotatable bonds is 7. The van der Waals surface area contributed by atoms with Crippen LogP contribution in [0.4, 0.5) is 0 Å². The highest BCUT2D eigenvalue weighted by molar-refractivity contribution is 5.76. The van der Waals surface area contributed by atoms with Crippen molar-refractivity contribution in [2.45, 2.75) is 27.0 Å². The van der Waals surface area contributed by atoms with Crippen LogP contribution in [0.1, 0.15) is 22.3 Å². The van der Waals surface area contributed by atoms with E-state index in [1.807, 2.05) is 36.4 Å². The molecule has 0 aliphatic carbocycles. The Hall–Kier alpha value is -4.00. The van der Waals surface area contributed by atoms with Gasteiger partial charge in [0.1, 0.15) is 18.1 Å². The molecular formula is C25H24N2O5. The molecule has 1 aromatic heterocycles. The van der Waals surface area contributed by atoms with Gasteiger partial charge in [-0.15, -0.1) is 4.74 Å². The molecule has 0 spiro atoms. The van der Waals surface area contributed by atoms with Crippen LogP contribution < -0.4 is 20.9 Å². The maximum absolute atomic E-state index is 11.6. The van der Waals surface area contributed by atoms with Crippen molar-refractivity contribution in [2.75, 3.05) is 7.11 Å². The molecule has 0 bridgehead atoms. The number of nitrogens with zero attached hydrogens (tertiary/aromatic N) is 1. The van der Waals surface area contributed by atoms with Crippen LogP contribution in [0.5, 0.6) is 11.5 Å². The van der Waals surface area contributed by atoms with Crippen LogP contribution in [0.3, 0.4) is 0 Å². The number of benzene rings is 3. The van der Waals surface area contributed by atoms with Gasteiger partial charge in [-0.2, -0.15) is 0 Å². The Labute approximate surface area is 184 Å². The number of nitrogens with one attached hydrogen (secondary N) is 1. The minimum atomic E-state index is -0.769. The predicted molar refractivity (Wildman–Crippen MR) is 121 cm³/mol. The lowest BCUT2D eigenvalue weighted by molar-refractivity contribution is 0.258. The first-order chi connectivity index (χ1) is 15.4. The number of ether oxygens (including phenoxy) is 2. The molecule has 32 heavy (non-hydrogen) atoms. The first-order valence-electron chi connectivity index (χ1n) is 10.2. The Balaban J connectivity index is 1.50. The van der Waals surface area contributed by atoms with Crippen molar-refractivity contribution in [1.29, 1.82) is 0 Å². The second kappa shape index (κ2) is 9.01. The van der Waals surface area contributed by atoms with Gasteiger partial charge in [0.15, 0.2) is 0 Å². The van der Waals surface area contributed by atoms with E-state index in [2.05, 4.69) is 43.1 Å². The maximum Gasteiger partial charge on any atom is 0.440 e. The summed E-state index contributed by atoms with van der Waals surface area (Å²) < 4.78 is 17.3. The van der Waals surface area contributed by atoms with Gasteiger partial charge in [-0.3, -0.25) is 0 Å². The smallest absolute Gasteiger partial charge is 0.440 e. The maximum atomic E-state index is 11.6. The topological polar surface area (TPSA) is 86.5 Å². The normalized spacial score (nSPS) is 10.8. The van der Waals surface area contributed by atoms with E-state index in [0.29, 0.717) is 12.4 Å². The summed E-state index contributed by atoms with van der Waals surface area (Å²) in [5.74, 6) is 0.748. The number of hydrogen-bond donors (Lipinski definition) is 1. The first-order valence-corrected chi connectivity index (χ1v) is 10.2. The number of H-pyrrole nitrogens is 1. The van der Waals surface area contributed by atoms with Crippen LogP contribution in [0.15, 0.2) is 74.8 Å². The fourth-order valence-corrected chi connectivity index (χ4v) is 3.72. The Bertz CT molecular complexity index is 1330. The van der Waals surface area contributed by atoms with Gasteiger partial charge in [-0.05, 0) is 65.9 Å². The Morgan fingerprint density at radius 3 is 2.25 bits per heavy atom. The van der Waals surface area contributed by atoms with E-state index < -0.39 is 11.4 Å². The molecular weight excluding hydrogens is 408 g/mol. The van der Waals surface area contributed by atoms with Crippen molar-refractivity contribution in [2.24, 2.45) is 0 Å². The van der Waals surface area contributed by atoms with E-state index in [1.54, 1.807) is 7.11 Å². The van der Waals surface area contributed by atoms with Gasteiger partial charge in [0, 0.05) is 5.56 Å². The van der Waals surface area contributed by atoms with Crippen LogP contribution in [0, 0.1) is 13.8 Å². The molecule has 0 amide bonds. The van der Waals surface area contributed by atoms with Crippen molar-refractivity contribution in [3.63, 3.8) is 0 Å². The fraction of sp³-hybridized carbons (Fsp3) is 0.200. The predicted octanol–water partition coefficient (Wildman–Crippen LogP) is 4.05. The molecule has 0 saturated carbocycles. The molecule has 1 heterocycles. The highest BCUT2D eigenvalue weighted by Gasteiger charge is 2.12. The first kappa shape index (κ1) is 21.2. The van der Waals surface area contributed by atoms with Crippen molar-refractivity contribution >= 4 is 0 Å². The summed E-state index contributed by atoms with van der Waals surface area (Å²) >= 11 is 0. The number of aryl methyl sites for hydroxylation is 2. The molecule has 7 nitrogen and oxygen atoms in total. The van der Waals surface area contributed by atoms with E-state index in [4.69, 9.17) is 14.0 Å². The SMILES string of the molecule is COc1ccc(COc2ccc(Cn3oc(=O)[nH]c3=O)cc2)cc1-c1c(C)cccc1C. The Morgan fingerprint density at radius 2 is 1.62 bits per heavy atom. The van der Waals surface area contributed by atoms with E-state index in [-0.39, 0.29) is 6.54 Å². The molecule has 1 N–H and O–H groups in total. The van der Waals surface area contributed by atoms with E-state index in [1.165, 1.54) is 16.7 Å². The summed E-state index contributed by atoms with van der Waals surface area (Å²) in [6.07, 6.45) is 0. The zero-order chi connectivity index (χ0) is 22.7. The summed E-state index contributed by atoms with van der Waals surface area (Å²) in [6.45, 7) is 4.75. The van der Waals surface area contributed by atoms with Gasteiger partial charge in [-0.25, -0.2) is 14.6 Å². The molecule has 0 unspecified atom stereocenters. The Morgan fingerprint density at radius 1 is 0.938 bits per heavy atom. The molecule has 7 heteroatoms. The summed E-state index contributed by atoms with van der Waals surface area (Å²) in [6, 6.07) is 19.6. The van der Waals surface area contributed by atoms with Crippen molar-refractivity contribution in [3.05, 3.63) is 104 Å². The van der Waals surface area contributed by atoms with E-state index in [0.717, 1.165) is 27.2 Å². The standard InChI is InChI=1S/C25H24N2O5/c1-16-5-4-6-17(2)23(16)21-13-19(9-12-22(21)30-3)15-31-20-10-7-18(8-11-20)14-27-24(28)26-25(29)32-27/h4-13H,14-15H2,1-3H3,(H,26,28,29). The van der Waals surface area contributed by atoms with Crippen LogP contribution >= 0.6 is 0 Å². The van der Waals surface area contributed by atoms with E-state index in [9.17, 15) is 9.59 Å². The quantitative estimate of drug-likeness (QED) is 0.476. The molecule has 0 saturated heterocycles. The third-order valence-corrected chi connectivity index (χ3v) is 5.30. The lowest BCUT2D eigenvalue weighted by atomic mass is 9.94. The molecule has 0 atom stereocenters. The second-order valence-corrected chi connectivity index (χ2v) is 7.58. The summed E-state index contributed by atoms with van der Waals surface area (Å²) in [7, 11) is 1.68. The second-order valence-electron chi connectivity index (χ2n) is 7.58. The van der Waals surface area contributed by atoms with Gasteiger partial charge in [-0.1, -0.05) is 36.4 Å². The average molecular weight is 432 g/mol. The molecule has 4 aromatic rings. The Kier molecular flexibility index (Phi) is 5.98. The minimum Gasteiger partial charge on any atom is -0.496 e. The van der Waals surface area contributed by atoms with Crippen molar-refractivity contribution in [1.82, 2.24) is 9.72 Å². The van der Waals surface area contributed by atoms with Gasteiger partial charge in [0.05, 0.1) is 13.7 Å². The molecule has 0 aliphatic rings. The summed E-state index contributed by atoms with van der Waals surface area (Å²) in [4.78, 5) is 24.7. The van der Waals surface area contributed by atoms with Gasteiger partial charge in [0.25, 0.3) is 0 Å². The largest absolute Gasteiger partial charge is 0.496 e. The van der Waals surface area contributed by atoms with Crippen LogP contribution in [-0.4, -0.2) is 16.8 Å². The highest BCUT2D eigenvalue weighted by Crippen LogP contribution is 2.35. The van der Waals surface area contributed by atoms with Crippen molar-refractivity contribution < 1.29 is 14.0 Å². The lowest BCUT2D eigenvalue weighted by Crippen LogP contribution is -2.17. The average Bonchev–Trinajstić information content (AvgIpc) is 3.09. The monoisotopic (exact) mass is 432 g/mol. The van der Waals surface area contributed by atoms with Crippen molar-refractivity contribution in [3.8, 4) is 22.6 Å². The molecule has 164 valence electrons. The number of aromatic amines is 1. The van der Waals surface area contributed by atoms with Crippen LogP contribution in [0.25, 0.3) is 11.1 Å².